The fourth-order valence-electron chi connectivity index (χ4n) is 2.58. The van der Waals surface area contributed by atoms with Crippen molar-refractivity contribution in [2.24, 2.45) is 0 Å². The minimum atomic E-state index is 0.00857. The van der Waals surface area contributed by atoms with Gasteiger partial charge >= 0.3 is 0 Å². The number of ketones is 1. The highest BCUT2D eigenvalue weighted by atomic mass is 32.1. The fourth-order valence-corrected chi connectivity index (χ4v) is 3.67. The molecule has 2 heterocycles. The smallest absolute Gasteiger partial charge is 0.203 e. The van der Waals surface area contributed by atoms with E-state index in [2.05, 4.69) is 9.97 Å². The predicted octanol–water partition coefficient (Wildman–Crippen LogP) is 4.59. The number of hydrogen-bond acceptors (Lipinski definition) is 4. The first-order chi connectivity index (χ1) is 11.3. The Balaban J connectivity index is 1.98. The summed E-state index contributed by atoms with van der Waals surface area (Å²) in [4.78, 5) is 23.2. The highest BCUT2D eigenvalue weighted by Gasteiger charge is 2.22. The van der Waals surface area contributed by atoms with Crippen LogP contribution in [0.15, 0.2) is 73.1 Å². The summed E-state index contributed by atoms with van der Waals surface area (Å²) in [7, 11) is 0. The molecule has 0 bridgehead atoms. The molecule has 2 aromatic heterocycles. The van der Waals surface area contributed by atoms with Crippen LogP contribution in [0.3, 0.4) is 0 Å². The molecule has 0 aliphatic heterocycles. The molecule has 2 aromatic carbocycles. The number of carbonyl (C=O) groups is 1. The third kappa shape index (κ3) is 2.43. The monoisotopic (exact) mass is 316 g/mol. The number of rotatable bonds is 3. The summed E-state index contributed by atoms with van der Waals surface area (Å²) < 4.78 is 0. The van der Waals surface area contributed by atoms with Crippen LogP contribution in [-0.4, -0.2) is 15.8 Å². The van der Waals surface area contributed by atoms with E-state index in [9.17, 15) is 4.79 Å². The van der Waals surface area contributed by atoms with Crippen molar-refractivity contribution in [2.45, 2.75) is 0 Å². The molecule has 3 nitrogen and oxygen atoms in total. The number of nitrogens with zero attached hydrogens (tertiary/aromatic N) is 2. The molecule has 0 radical (unpaired) electrons. The topological polar surface area (TPSA) is 42.9 Å². The first kappa shape index (κ1) is 13.8. The van der Waals surface area contributed by atoms with E-state index >= 15 is 0 Å². The SMILES string of the molecule is O=C(c1ccccc1)c1sc2nccnc2c1-c1ccccc1. The van der Waals surface area contributed by atoms with E-state index in [1.54, 1.807) is 12.4 Å². The molecule has 0 saturated carbocycles. The Kier molecular flexibility index (Phi) is 3.44. The Morgan fingerprint density at radius 1 is 0.826 bits per heavy atom. The number of hydrogen-bond donors (Lipinski definition) is 0. The number of thiophene rings is 1. The van der Waals surface area contributed by atoms with Crippen LogP contribution in [0.4, 0.5) is 0 Å². The second-order valence-corrected chi connectivity index (χ2v) is 6.08. The van der Waals surface area contributed by atoms with Crippen LogP contribution in [0.1, 0.15) is 15.2 Å². The van der Waals surface area contributed by atoms with Crippen LogP contribution in [0.5, 0.6) is 0 Å². The number of fused-ring (bicyclic) bond motifs is 1. The number of aromatic nitrogens is 2. The van der Waals surface area contributed by atoms with Crippen LogP contribution in [0.25, 0.3) is 21.5 Å². The lowest BCUT2D eigenvalue weighted by atomic mass is 10.0. The van der Waals surface area contributed by atoms with Crippen molar-refractivity contribution >= 4 is 27.5 Å². The van der Waals surface area contributed by atoms with Gasteiger partial charge < -0.3 is 0 Å². The van der Waals surface area contributed by atoms with Crippen molar-refractivity contribution in [1.29, 1.82) is 0 Å². The molecule has 0 unspecified atom stereocenters. The zero-order valence-electron chi connectivity index (χ0n) is 12.1. The van der Waals surface area contributed by atoms with Crippen molar-refractivity contribution in [3.05, 3.63) is 83.5 Å². The van der Waals surface area contributed by atoms with Gasteiger partial charge in [0.2, 0.25) is 5.78 Å². The predicted molar refractivity (Wildman–Crippen MR) is 92.7 cm³/mol. The van der Waals surface area contributed by atoms with Gasteiger partial charge in [-0.15, -0.1) is 11.3 Å². The normalized spacial score (nSPS) is 10.8. The van der Waals surface area contributed by atoms with Gasteiger partial charge in [0, 0.05) is 23.5 Å². The fraction of sp³-hybridized carbons (Fsp3) is 0. The van der Waals surface area contributed by atoms with E-state index in [1.165, 1.54) is 11.3 Å². The maximum Gasteiger partial charge on any atom is 0.203 e. The molecule has 0 amide bonds. The molecular weight excluding hydrogens is 304 g/mol. The maximum atomic E-state index is 13.0. The Bertz CT molecular complexity index is 978. The van der Waals surface area contributed by atoms with Gasteiger partial charge in [-0.1, -0.05) is 60.7 Å². The summed E-state index contributed by atoms with van der Waals surface area (Å²) in [6.45, 7) is 0. The lowest BCUT2D eigenvalue weighted by Gasteiger charge is -2.04. The molecule has 0 aliphatic rings. The molecule has 0 spiro atoms. The molecule has 110 valence electrons. The second-order valence-electron chi connectivity index (χ2n) is 5.08. The number of carbonyl (C=O) groups excluding carboxylic acids is 1. The lowest BCUT2D eigenvalue weighted by molar-refractivity contribution is 0.104. The maximum absolute atomic E-state index is 13.0. The molecule has 0 saturated heterocycles. The summed E-state index contributed by atoms with van der Waals surface area (Å²) in [5.74, 6) is 0.00857. The lowest BCUT2D eigenvalue weighted by Crippen LogP contribution is -2.00. The summed E-state index contributed by atoms with van der Waals surface area (Å²) >= 11 is 1.40. The molecule has 4 aromatic rings. The van der Waals surface area contributed by atoms with Crippen LogP contribution in [-0.2, 0) is 0 Å². The standard InChI is InChI=1S/C19H12N2OS/c22-17(14-9-5-2-6-10-14)18-15(13-7-3-1-4-8-13)16-19(23-18)21-12-11-20-16/h1-12H. The average molecular weight is 316 g/mol. The first-order valence-corrected chi connectivity index (χ1v) is 8.05. The third-order valence-corrected chi connectivity index (χ3v) is 4.72. The van der Waals surface area contributed by atoms with Gasteiger partial charge in [0.25, 0.3) is 0 Å². The van der Waals surface area contributed by atoms with Gasteiger partial charge in [0.15, 0.2) is 0 Å². The second kappa shape index (κ2) is 5.74. The average Bonchev–Trinajstić information content (AvgIpc) is 3.02. The van der Waals surface area contributed by atoms with Gasteiger partial charge in [-0.25, -0.2) is 4.98 Å². The van der Waals surface area contributed by atoms with Gasteiger partial charge in [-0.3, -0.25) is 9.78 Å². The van der Waals surface area contributed by atoms with Crippen LogP contribution >= 0.6 is 11.3 Å². The summed E-state index contributed by atoms with van der Waals surface area (Å²) in [6, 6.07) is 19.2. The van der Waals surface area contributed by atoms with E-state index in [-0.39, 0.29) is 5.78 Å². The van der Waals surface area contributed by atoms with E-state index in [0.29, 0.717) is 10.4 Å². The summed E-state index contributed by atoms with van der Waals surface area (Å²) in [5.41, 5.74) is 3.31. The van der Waals surface area contributed by atoms with Crippen LogP contribution < -0.4 is 0 Å². The van der Waals surface area contributed by atoms with Crippen LogP contribution in [0, 0.1) is 0 Å². The molecule has 23 heavy (non-hydrogen) atoms. The molecule has 4 rings (SSSR count). The largest absolute Gasteiger partial charge is 0.288 e. The van der Waals surface area contributed by atoms with Gasteiger partial charge in [-0.2, -0.15) is 0 Å². The summed E-state index contributed by atoms with van der Waals surface area (Å²) in [5, 5.41) is 0. The Morgan fingerprint density at radius 2 is 1.48 bits per heavy atom. The Labute approximate surface area is 137 Å². The van der Waals surface area contributed by atoms with Crippen molar-refractivity contribution in [2.75, 3.05) is 0 Å². The number of benzene rings is 2. The highest BCUT2D eigenvalue weighted by Crippen LogP contribution is 2.37. The van der Waals surface area contributed by atoms with Crippen molar-refractivity contribution in [3.8, 4) is 11.1 Å². The minimum Gasteiger partial charge on any atom is -0.288 e. The van der Waals surface area contributed by atoms with E-state index in [4.69, 9.17) is 0 Å². The van der Waals surface area contributed by atoms with E-state index < -0.39 is 0 Å². The molecular formula is C19H12N2OS. The Morgan fingerprint density at radius 3 is 2.22 bits per heavy atom. The van der Waals surface area contributed by atoms with E-state index in [0.717, 1.165) is 21.5 Å². The highest BCUT2D eigenvalue weighted by molar-refractivity contribution is 7.21. The summed E-state index contributed by atoms with van der Waals surface area (Å²) in [6.07, 6.45) is 3.32. The molecule has 4 heteroatoms. The van der Waals surface area contributed by atoms with Gasteiger partial charge in [0.05, 0.1) is 4.88 Å². The van der Waals surface area contributed by atoms with Crippen LogP contribution in [0.2, 0.25) is 0 Å². The molecule has 0 fully saturated rings. The van der Waals surface area contributed by atoms with E-state index in [1.807, 2.05) is 60.7 Å². The zero-order valence-corrected chi connectivity index (χ0v) is 13.0. The van der Waals surface area contributed by atoms with Gasteiger partial charge in [-0.05, 0) is 5.56 Å². The van der Waals surface area contributed by atoms with Crippen molar-refractivity contribution < 1.29 is 4.79 Å². The Hall–Kier alpha value is -2.85. The minimum absolute atomic E-state index is 0.00857. The molecule has 0 N–H and O–H groups in total. The first-order valence-electron chi connectivity index (χ1n) is 7.23. The van der Waals surface area contributed by atoms with Gasteiger partial charge in [0.1, 0.15) is 10.3 Å². The third-order valence-electron chi connectivity index (χ3n) is 3.63. The zero-order chi connectivity index (χ0) is 15.6. The van der Waals surface area contributed by atoms with Crippen molar-refractivity contribution in [3.63, 3.8) is 0 Å². The van der Waals surface area contributed by atoms with Crippen molar-refractivity contribution in [1.82, 2.24) is 9.97 Å². The molecule has 0 atom stereocenters. The quantitative estimate of drug-likeness (QED) is 0.519. The molecule has 0 aliphatic carbocycles.